The Morgan fingerprint density at radius 3 is 2.21 bits per heavy atom. The highest BCUT2D eigenvalue weighted by atomic mass is 19.1. The molecule has 1 aromatic carbocycles. The lowest BCUT2D eigenvalue weighted by molar-refractivity contribution is -0.0469. The van der Waals surface area contributed by atoms with Crippen LogP contribution < -0.4 is 0 Å². The maximum Gasteiger partial charge on any atom is 0.123 e. The van der Waals surface area contributed by atoms with Crippen LogP contribution in [0.3, 0.4) is 0 Å². The highest BCUT2D eigenvalue weighted by molar-refractivity contribution is 5.17. The van der Waals surface area contributed by atoms with Gasteiger partial charge in [0.2, 0.25) is 0 Å². The van der Waals surface area contributed by atoms with E-state index in [1.165, 1.54) is 12.1 Å². The normalized spacial score (nSPS) is 14.1. The second-order valence-corrected chi connectivity index (χ2v) is 4.00. The van der Waals surface area contributed by atoms with Gasteiger partial charge in [0.25, 0.3) is 0 Å². The van der Waals surface area contributed by atoms with Crippen LogP contribution in [0.1, 0.15) is 19.4 Å². The fourth-order valence-corrected chi connectivity index (χ4v) is 1.09. The summed E-state index contributed by atoms with van der Waals surface area (Å²) in [6.07, 6.45) is -0.517. The van der Waals surface area contributed by atoms with Gasteiger partial charge < -0.3 is 10.2 Å². The van der Waals surface area contributed by atoms with Crippen LogP contribution in [0.5, 0.6) is 0 Å². The molecule has 0 heterocycles. The molecule has 14 heavy (non-hydrogen) atoms. The summed E-state index contributed by atoms with van der Waals surface area (Å²) in [5.41, 5.74) is -0.324. The van der Waals surface area contributed by atoms with E-state index in [1.54, 1.807) is 26.0 Å². The zero-order valence-corrected chi connectivity index (χ0v) is 8.37. The smallest absolute Gasteiger partial charge is 0.123 e. The van der Waals surface area contributed by atoms with Crippen LogP contribution in [-0.4, -0.2) is 21.9 Å². The predicted molar refractivity (Wildman–Crippen MR) is 52.4 cm³/mol. The Bertz CT molecular complexity index is 287. The van der Waals surface area contributed by atoms with E-state index in [4.69, 9.17) is 0 Å². The van der Waals surface area contributed by atoms with Gasteiger partial charge in [0.15, 0.2) is 0 Å². The number of rotatable bonds is 3. The van der Waals surface area contributed by atoms with Gasteiger partial charge in [0, 0.05) is 6.42 Å². The molecule has 0 bridgehead atoms. The van der Waals surface area contributed by atoms with Gasteiger partial charge in [-0.3, -0.25) is 0 Å². The molecule has 0 aliphatic carbocycles. The molecule has 3 heteroatoms. The van der Waals surface area contributed by atoms with Crippen molar-refractivity contribution in [2.24, 2.45) is 0 Å². The van der Waals surface area contributed by atoms with Crippen LogP contribution in [0.25, 0.3) is 0 Å². The van der Waals surface area contributed by atoms with Crippen molar-refractivity contribution in [1.82, 2.24) is 0 Å². The van der Waals surface area contributed by atoms with Crippen molar-refractivity contribution in [3.8, 4) is 0 Å². The Balaban J connectivity index is 2.65. The Morgan fingerprint density at radius 1 is 1.29 bits per heavy atom. The number of benzene rings is 1. The van der Waals surface area contributed by atoms with Gasteiger partial charge in [-0.25, -0.2) is 4.39 Å². The second-order valence-electron chi connectivity index (χ2n) is 4.00. The largest absolute Gasteiger partial charge is 0.390 e. The van der Waals surface area contributed by atoms with E-state index < -0.39 is 11.7 Å². The molecule has 0 aromatic heterocycles. The molecule has 0 aliphatic heterocycles. The minimum Gasteiger partial charge on any atom is -0.390 e. The maximum atomic E-state index is 12.5. The summed E-state index contributed by atoms with van der Waals surface area (Å²) >= 11 is 0. The molecular formula is C11H15FO2. The molecule has 1 rings (SSSR count). The van der Waals surface area contributed by atoms with E-state index in [9.17, 15) is 14.6 Å². The molecule has 0 saturated carbocycles. The van der Waals surface area contributed by atoms with Crippen LogP contribution in [0.15, 0.2) is 24.3 Å². The van der Waals surface area contributed by atoms with Crippen molar-refractivity contribution in [3.05, 3.63) is 35.6 Å². The monoisotopic (exact) mass is 198 g/mol. The third-order valence-corrected chi connectivity index (χ3v) is 2.16. The standard InChI is InChI=1S/C11H15FO2/c1-11(2,14)10(13)7-8-3-5-9(12)6-4-8/h3-6,10,13-14H,7H2,1-2H3. The fraction of sp³-hybridized carbons (Fsp3) is 0.455. The van der Waals surface area contributed by atoms with Crippen LogP contribution in [0.4, 0.5) is 4.39 Å². The molecular weight excluding hydrogens is 183 g/mol. The molecule has 0 aliphatic rings. The molecule has 2 N–H and O–H groups in total. The molecule has 0 saturated heterocycles. The van der Waals surface area contributed by atoms with Crippen molar-refractivity contribution in [1.29, 1.82) is 0 Å². The summed E-state index contributed by atoms with van der Waals surface area (Å²) in [4.78, 5) is 0. The first kappa shape index (κ1) is 11.1. The van der Waals surface area contributed by atoms with Crippen molar-refractivity contribution in [3.63, 3.8) is 0 Å². The predicted octanol–water partition coefficient (Wildman–Crippen LogP) is 1.50. The number of aliphatic hydroxyl groups is 2. The summed E-state index contributed by atoms with van der Waals surface area (Å²) in [6, 6.07) is 5.88. The number of hydrogen-bond donors (Lipinski definition) is 2. The highest BCUT2D eigenvalue weighted by Crippen LogP contribution is 2.14. The van der Waals surface area contributed by atoms with Crippen LogP contribution in [-0.2, 0) is 6.42 Å². The van der Waals surface area contributed by atoms with E-state index in [-0.39, 0.29) is 5.82 Å². The van der Waals surface area contributed by atoms with Crippen molar-refractivity contribution < 1.29 is 14.6 Å². The quantitative estimate of drug-likeness (QED) is 0.772. The van der Waals surface area contributed by atoms with Gasteiger partial charge in [-0.05, 0) is 31.5 Å². The molecule has 0 radical (unpaired) electrons. The molecule has 0 fully saturated rings. The van der Waals surface area contributed by atoms with Crippen LogP contribution >= 0.6 is 0 Å². The average Bonchev–Trinajstić information content (AvgIpc) is 2.07. The Morgan fingerprint density at radius 2 is 1.79 bits per heavy atom. The first-order chi connectivity index (χ1) is 6.39. The van der Waals surface area contributed by atoms with E-state index >= 15 is 0 Å². The Kier molecular flexibility index (Phi) is 3.24. The first-order valence-corrected chi connectivity index (χ1v) is 4.54. The van der Waals surface area contributed by atoms with Gasteiger partial charge >= 0.3 is 0 Å². The van der Waals surface area contributed by atoms with Crippen molar-refractivity contribution in [2.75, 3.05) is 0 Å². The van der Waals surface area contributed by atoms with E-state index in [0.717, 1.165) is 5.56 Å². The van der Waals surface area contributed by atoms with Gasteiger partial charge in [-0.1, -0.05) is 12.1 Å². The van der Waals surface area contributed by atoms with Crippen molar-refractivity contribution >= 4 is 0 Å². The Hall–Kier alpha value is -0.930. The van der Waals surface area contributed by atoms with E-state index in [1.807, 2.05) is 0 Å². The van der Waals surface area contributed by atoms with Gasteiger partial charge in [-0.15, -0.1) is 0 Å². The minimum atomic E-state index is -1.13. The zero-order valence-electron chi connectivity index (χ0n) is 8.37. The van der Waals surface area contributed by atoms with Gasteiger partial charge in [0.05, 0.1) is 11.7 Å². The third-order valence-electron chi connectivity index (χ3n) is 2.16. The number of halogens is 1. The molecule has 0 amide bonds. The second kappa shape index (κ2) is 4.07. The fourth-order valence-electron chi connectivity index (χ4n) is 1.09. The maximum absolute atomic E-state index is 12.5. The van der Waals surface area contributed by atoms with E-state index in [2.05, 4.69) is 0 Å². The lowest BCUT2D eigenvalue weighted by Crippen LogP contribution is -2.37. The van der Waals surface area contributed by atoms with Gasteiger partial charge in [-0.2, -0.15) is 0 Å². The molecule has 78 valence electrons. The summed E-state index contributed by atoms with van der Waals surface area (Å²) < 4.78 is 12.5. The van der Waals surface area contributed by atoms with Crippen LogP contribution in [0, 0.1) is 5.82 Å². The lowest BCUT2D eigenvalue weighted by Gasteiger charge is -2.24. The third kappa shape index (κ3) is 3.09. The van der Waals surface area contributed by atoms with Gasteiger partial charge in [0.1, 0.15) is 5.82 Å². The van der Waals surface area contributed by atoms with Crippen molar-refractivity contribution in [2.45, 2.75) is 32.0 Å². The summed E-state index contributed by atoms with van der Waals surface area (Å²) in [5, 5.41) is 19.0. The first-order valence-electron chi connectivity index (χ1n) is 4.54. The molecule has 1 unspecified atom stereocenters. The van der Waals surface area contributed by atoms with E-state index in [0.29, 0.717) is 6.42 Å². The topological polar surface area (TPSA) is 40.5 Å². The van der Waals surface area contributed by atoms with Crippen LogP contribution in [0.2, 0.25) is 0 Å². The highest BCUT2D eigenvalue weighted by Gasteiger charge is 2.24. The molecule has 1 atom stereocenters. The number of hydrogen-bond acceptors (Lipinski definition) is 2. The number of aliphatic hydroxyl groups excluding tert-OH is 1. The zero-order chi connectivity index (χ0) is 10.8. The summed E-state index contributed by atoms with van der Waals surface area (Å²) in [5.74, 6) is -0.300. The SMILES string of the molecule is CC(C)(O)C(O)Cc1ccc(F)cc1. The average molecular weight is 198 g/mol. The molecule has 2 nitrogen and oxygen atoms in total. The Labute approximate surface area is 83.0 Å². The summed E-state index contributed by atoms with van der Waals surface area (Å²) in [7, 11) is 0. The lowest BCUT2D eigenvalue weighted by atomic mass is 9.95. The molecule has 1 aromatic rings. The summed E-state index contributed by atoms with van der Waals surface area (Å²) in [6.45, 7) is 3.09. The molecule has 0 spiro atoms. The minimum absolute atomic E-state index is 0.300.